The number of hydroxylamine groups is 2. The Bertz CT molecular complexity index is 691. The van der Waals surface area contributed by atoms with Gasteiger partial charge in [-0.25, -0.2) is 4.79 Å². The third kappa shape index (κ3) is 5.75. The smallest absolute Gasteiger partial charge is 0.323 e. The maximum Gasteiger partial charge on any atom is 0.323 e. The molecule has 1 heterocycles. The van der Waals surface area contributed by atoms with Crippen molar-refractivity contribution in [3.05, 3.63) is 36.7 Å². The van der Waals surface area contributed by atoms with Crippen LogP contribution in [0, 0.1) is 0 Å². The van der Waals surface area contributed by atoms with E-state index < -0.39 is 12.1 Å². The Balaban J connectivity index is 1.89. The van der Waals surface area contributed by atoms with Crippen molar-refractivity contribution in [3.63, 3.8) is 0 Å². The third-order valence-corrected chi connectivity index (χ3v) is 3.42. The molecule has 136 valence electrons. The molecule has 0 aliphatic rings. The number of hydrogen-bond acceptors (Lipinski definition) is 6. The first-order chi connectivity index (χ1) is 12.0. The van der Waals surface area contributed by atoms with E-state index in [9.17, 15) is 9.90 Å². The van der Waals surface area contributed by atoms with Gasteiger partial charge in [-0.1, -0.05) is 12.1 Å². The van der Waals surface area contributed by atoms with Gasteiger partial charge in [0, 0.05) is 13.2 Å². The highest BCUT2D eigenvalue weighted by atomic mass is 16.7. The van der Waals surface area contributed by atoms with E-state index in [1.807, 2.05) is 6.07 Å². The first-order valence-corrected chi connectivity index (χ1v) is 7.68. The van der Waals surface area contributed by atoms with Crippen LogP contribution in [0.25, 0.3) is 0 Å². The van der Waals surface area contributed by atoms with Crippen LogP contribution in [0.15, 0.2) is 36.7 Å². The van der Waals surface area contributed by atoms with E-state index in [-0.39, 0.29) is 6.54 Å². The zero-order valence-electron chi connectivity index (χ0n) is 14.5. The van der Waals surface area contributed by atoms with E-state index in [0.29, 0.717) is 23.7 Å². The van der Waals surface area contributed by atoms with Crippen molar-refractivity contribution in [2.75, 3.05) is 38.4 Å². The SMILES string of the molecule is COc1ccccc1NC(=O)Nc1cnn(C[C@H](O)CN(C)OC)c1. The maximum absolute atomic E-state index is 12.1. The Kier molecular flexibility index (Phi) is 6.75. The molecule has 3 N–H and O–H groups in total. The van der Waals surface area contributed by atoms with Crippen LogP contribution in [0.2, 0.25) is 0 Å². The summed E-state index contributed by atoms with van der Waals surface area (Å²) >= 11 is 0. The molecule has 9 heteroatoms. The number of aliphatic hydroxyl groups excluding tert-OH is 1. The summed E-state index contributed by atoms with van der Waals surface area (Å²) in [5, 5.41) is 21.0. The number of likely N-dealkylation sites (N-methyl/N-ethyl adjacent to an activating group) is 1. The second kappa shape index (κ2) is 9.02. The van der Waals surface area contributed by atoms with Crippen LogP contribution >= 0.6 is 0 Å². The van der Waals surface area contributed by atoms with E-state index >= 15 is 0 Å². The summed E-state index contributed by atoms with van der Waals surface area (Å²) in [6.07, 6.45) is 2.49. The summed E-state index contributed by atoms with van der Waals surface area (Å²) in [6.45, 7) is 0.622. The fourth-order valence-corrected chi connectivity index (χ4v) is 2.21. The van der Waals surface area contributed by atoms with E-state index in [2.05, 4.69) is 15.7 Å². The molecule has 2 amide bonds. The standard InChI is InChI=1S/C16H23N5O4/c1-20(25-3)10-13(22)11-21-9-12(8-17-21)18-16(23)19-14-6-4-5-7-15(14)24-2/h4-9,13,22H,10-11H2,1-3H3,(H2,18,19,23)/t13-/m1/s1. The van der Waals surface area contributed by atoms with Crippen LogP contribution in [0.1, 0.15) is 0 Å². The molecule has 1 aromatic carbocycles. The summed E-state index contributed by atoms with van der Waals surface area (Å²) in [4.78, 5) is 17.0. The number of rotatable bonds is 8. The number of amides is 2. The number of para-hydroxylation sites is 2. The van der Waals surface area contributed by atoms with Gasteiger partial charge in [0.25, 0.3) is 0 Å². The van der Waals surface area contributed by atoms with Crippen LogP contribution in [0.4, 0.5) is 16.2 Å². The number of ether oxygens (including phenoxy) is 1. The number of carbonyl (C=O) groups excluding carboxylic acids is 1. The van der Waals surface area contributed by atoms with Gasteiger partial charge in [-0.05, 0) is 12.1 Å². The quantitative estimate of drug-likeness (QED) is 0.623. The number of methoxy groups -OCH3 is 1. The first-order valence-electron chi connectivity index (χ1n) is 7.68. The zero-order chi connectivity index (χ0) is 18.2. The Morgan fingerprint density at radius 3 is 2.84 bits per heavy atom. The molecule has 2 rings (SSSR count). The monoisotopic (exact) mass is 349 g/mol. The lowest BCUT2D eigenvalue weighted by Gasteiger charge is -2.17. The minimum Gasteiger partial charge on any atom is -0.495 e. The van der Waals surface area contributed by atoms with Gasteiger partial charge < -0.3 is 25.3 Å². The number of benzene rings is 1. The number of urea groups is 1. The topological polar surface area (TPSA) is 101 Å². The summed E-state index contributed by atoms with van der Waals surface area (Å²) in [5.74, 6) is 0.568. The molecule has 0 unspecified atom stereocenters. The van der Waals surface area contributed by atoms with Crippen LogP contribution in [-0.4, -0.2) is 59.9 Å². The molecule has 0 saturated heterocycles. The lowest BCUT2D eigenvalue weighted by atomic mass is 10.3. The highest BCUT2D eigenvalue weighted by Crippen LogP contribution is 2.23. The molecule has 0 saturated carbocycles. The molecule has 1 atom stereocenters. The molecule has 0 spiro atoms. The zero-order valence-corrected chi connectivity index (χ0v) is 14.5. The molecule has 2 aromatic rings. The number of nitrogens with one attached hydrogen (secondary N) is 2. The molecule has 0 bridgehead atoms. The Morgan fingerprint density at radius 1 is 1.36 bits per heavy atom. The largest absolute Gasteiger partial charge is 0.495 e. The number of aliphatic hydroxyl groups is 1. The van der Waals surface area contributed by atoms with Gasteiger partial charge in [0.15, 0.2) is 0 Å². The number of anilines is 2. The molecule has 0 aliphatic heterocycles. The highest BCUT2D eigenvalue weighted by molar-refractivity contribution is 6.00. The Morgan fingerprint density at radius 2 is 2.12 bits per heavy atom. The van der Waals surface area contributed by atoms with Crippen molar-refractivity contribution in [3.8, 4) is 5.75 Å². The van der Waals surface area contributed by atoms with Gasteiger partial charge >= 0.3 is 6.03 Å². The number of aromatic nitrogens is 2. The van der Waals surface area contributed by atoms with Crippen molar-refractivity contribution < 1.29 is 19.5 Å². The fourth-order valence-electron chi connectivity index (χ4n) is 2.21. The first kappa shape index (κ1) is 18.7. The fraction of sp³-hybridized carbons (Fsp3) is 0.375. The minimum absolute atomic E-state index is 0.281. The lowest BCUT2D eigenvalue weighted by Crippen LogP contribution is -2.31. The molecule has 0 radical (unpaired) electrons. The molecule has 0 fully saturated rings. The van der Waals surface area contributed by atoms with Gasteiger partial charge in [0.05, 0.1) is 51.0 Å². The van der Waals surface area contributed by atoms with Gasteiger partial charge in [-0.3, -0.25) is 4.68 Å². The van der Waals surface area contributed by atoms with E-state index in [1.54, 1.807) is 36.1 Å². The van der Waals surface area contributed by atoms with Gasteiger partial charge in [0.2, 0.25) is 0 Å². The second-order valence-corrected chi connectivity index (χ2v) is 5.38. The Labute approximate surface area is 146 Å². The van der Waals surface area contributed by atoms with E-state index in [4.69, 9.17) is 9.57 Å². The molecule has 1 aromatic heterocycles. The van der Waals surface area contributed by atoms with Gasteiger partial charge in [0.1, 0.15) is 5.75 Å². The molecular formula is C16H23N5O4. The normalized spacial score (nSPS) is 12.0. The number of nitrogens with zero attached hydrogens (tertiary/aromatic N) is 3. The molecule has 9 nitrogen and oxygen atoms in total. The van der Waals surface area contributed by atoms with Crippen molar-refractivity contribution in [1.29, 1.82) is 0 Å². The molecule has 25 heavy (non-hydrogen) atoms. The van der Waals surface area contributed by atoms with Crippen LogP contribution in [0.3, 0.4) is 0 Å². The number of carbonyl (C=O) groups is 1. The van der Waals surface area contributed by atoms with Crippen LogP contribution in [-0.2, 0) is 11.4 Å². The summed E-state index contributed by atoms with van der Waals surface area (Å²) < 4.78 is 6.73. The van der Waals surface area contributed by atoms with E-state index in [0.717, 1.165) is 0 Å². The number of hydrogen-bond donors (Lipinski definition) is 3. The third-order valence-electron chi connectivity index (χ3n) is 3.42. The van der Waals surface area contributed by atoms with Crippen molar-refractivity contribution in [2.45, 2.75) is 12.6 Å². The predicted octanol–water partition coefficient (Wildman–Crippen LogP) is 1.39. The van der Waals surface area contributed by atoms with Crippen molar-refractivity contribution in [1.82, 2.24) is 14.8 Å². The summed E-state index contributed by atoms with van der Waals surface area (Å²) in [7, 11) is 4.79. The molecular weight excluding hydrogens is 326 g/mol. The summed E-state index contributed by atoms with van der Waals surface area (Å²) in [6, 6.07) is 6.70. The highest BCUT2D eigenvalue weighted by Gasteiger charge is 2.11. The lowest BCUT2D eigenvalue weighted by molar-refractivity contribution is -0.129. The van der Waals surface area contributed by atoms with Gasteiger partial charge in [-0.15, -0.1) is 0 Å². The van der Waals surface area contributed by atoms with Gasteiger partial charge in [-0.2, -0.15) is 10.2 Å². The molecule has 0 aliphatic carbocycles. The van der Waals surface area contributed by atoms with Crippen LogP contribution in [0.5, 0.6) is 5.75 Å². The minimum atomic E-state index is -0.653. The second-order valence-electron chi connectivity index (χ2n) is 5.38. The van der Waals surface area contributed by atoms with Crippen molar-refractivity contribution in [2.24, 2.45) is 0 Å². The predicted molar refractivity (Wildman–Crippen MR) is 93.5 cm³/mol. The maximum atomic E-state index is 12.1. The van der Waals surface area contributed by atoms with Crippen molar-refractivity contribution >= 4 is 17.4 Å². The average Bonchev–Trinajstić information content (AvgIpc) is 3.01. The summed E-state index contributed by atoms with van der Waals surface area (Å²) in [5.41, 5.74) is 1.08. The average molecular weight is 349 g/mol. The Hall–Kier alpha value is -2.62. The van der Waals surface area contributed by atoms with E-state index in [1.165, 1.54) is 25.5 Å². The van der Waals surface area contributed by atoms with Crippen LogP contribution < -0.4 is 15.4 Å².